The van der Waals surface area contributed by atoms with E-state index in [9.17, 15) is 0 Å². The monoisotopic (exact) mass is 347 g/mol. The van der Waals surface area contributed by atoms with Gasteiger partial charge in [0.25, 0.3) is 0 Å². The van der Waals surface area contributed by atoms with E-state index < -0.39 is 0 Å². The first-order valence-electron chi connectivity index (χ1n) is 7.83. The topological polar surface area (TPSA) is 71.4 Å². The van der Waals surface area contributed by atoms with Gasteiger partial charge < -0.3 is 15.4 Å². The second-order valence-electron chi connectivity index (χ2n) is 5.03. The molecule has 0 unspecified atom stereocenters. The lowest BCUT2D eigenvalue weighted by molar-refractivity contribution is 0.392. The first kappa shape index (κ1) is 18.0. The zero-order valence-corrected chi connectivity index (χ0v) is 14.7. The Hall–Kier alpha value is -2.34. The molecule has 2 N–H and O–H groups in total. The molecule has 24 heavy (non-hydrogen) atoms. The number of methoxy groups -OCH3 is 1. The van der Waals surface area contributed by atoms with Crippen LogP contribution in [-0.2, 0) is 13.0 Å². The Balaban J connectivity index is 1.91. The minimum absolute atomic E-state index is 0.495. The highest BCUT2D eigenvalue weighted by molar-refractivity contribution is 6.29. The van der Waals surface area contributed by atoms with Crippen LogP contribution in [0.25, 0.3) is 0 Å². The van der Waals surface area contributed by atoms with E-state index in [-0.39, 0.29) is 0 Å². The number of aromatic nitrogens is 2. The van der Waals surface area contributed by atoms with Gasteiger partial charge in [0.2, 0.25) is 5.88 Å². The number of ether oxygens (including phenoxy) is 1. The van der Waals surface area contributed by atoms with E-state index in [1.807, 2.05) is 25.1 Å². The second kappa shape index (κ2) is 9.72. The van der Waals surface area contributed by atoms with Crippen LogP contribution < -0.4 is 15.4 Å². The summed E-state index contributed by atoms with van der Waals surface area (Å²) in [7, 11) is 1.61. The fourth-order valence-electron chi connectivity index (χ4n) is 2.11. The number of aliphatic imine (C=N–C) groups is 1. The predicted octanol–water partition coefficient (Wildman–Crippen LogP) is 2.44. The average molecular weight is 348 g/mol. The zero-order valence-electron chi connectivity index (χ0n) is 13.9. The summed E-state index contributed by atoms with van der Waals surface area (Å²) in [5.41, 5.74) is 2.07. The molecule has 0 aliphatic heterocycles. The number of guanidine groups is 1. The van der Waals surface area contributed by atoms with Gasteiger partial charge >= 0.3 is 0 Å². The van der Waals surface area contributed by atoms with Gasteiger partial charge in [-0.05, 0) is 31.0 Å². The highest BCUT2D eigenvalue weighted by Gasteiger charge is 2.03. The fraction of sp³-hybridized carbons (Fsp3) is 0.353. The molecular formula is C17H22ClN5O. The minimum atomic E-state index is 0.495. The van der Waals surface area contributed by atoms with Gasteiger partial charge in [-0.25, -0.2) is 15.0 Å². The fourth-order valence-corrected chi connectivity index (χ4v) is 2.23. The van der Waals surface area contributed by atoms with Gasteiger partial charge in [0, 0.05) is 31.0 Å². The molecule has 2 heterocycles. The lowest BCUT2D eigenvalue weighted by Crippen LogP contribution is -2.38. The van der Waals surface area contributed by atoms with Gasteiger partial charge in [-0.1, -0.05) is 23.7 Å². The van der Waals surface area contributed by atoms with Crippen molar-refractivity contribution in [2.24, 2.45) is 4.99 Å². The molecule has 0 aliphatic carbocycles. The molecule has 0 aromatic carbocycles. The zero-order chi connectivity index (χ0) is 17.2. The van der Waals surface area contributed by atoms with Gasteiger partial charge in [-0.3, -0.25) is 0 Å². The molecule has 0 bridgehead atoms. The van der Waals surface area contributed by atoms with Crippen molar-refractivity contribution in [2.75, 3.05) is 20.2 Å². The van der Waals surface area contributed by atoms with Crippen LogP contribution in [0.4, 0.5) is 0 Å². The molecule has 2 aromatic heterocycles. The van der Waals surface area contributed by atoms with Gasteiger partial charge in [0.15, 0.2) is 5.96 Å². The van der Waals surface area contributed by atoms with E-state index in [2.05, 4.69) is 25.6 Å². The molecule has 6 nitrogen and oxygen atoms in total. The van der Waals surface area contributed by atoms with Crippen LogP contribution in [-0.4, -0.2) is 36.1 Å². The smallest absolute Gasteiger partial charge is 0.218 e. The average Bonchev–Trinajstić information content (AvgIpc) is 2.61. The Morgan fingerprint density at radius 1 is 1.25 bits per heavy atom. The number of hydrogen-bond donors (Lipinski definition) is 2. The predicted molar refractivity (Wildman–Crippen MR) is 96.6 cm³/mol. The van der Waals surface area contributed by atoms with Crippen molar-refractivity contribution in [3.63, 3.8) is 0 Å². The molecule has 2 rings (SSSR count). The number of nitrogens with zero attached hydrogens (tertiary/aromatic N) is 3. The molecule has 0 saturated carbocycles. The minimum Gasteiger partial charge on any atom is -0.481 e. The van der Waals surface area contributed by atoms with Gasteiger partial charge in [0.05, 0.1) is 13.7 Å². The van der Waals surface area contributed by atoms with Gasteiger partial charge in [0.1, 0.15) is 5.15 Å². The second-order valence-corrected chi connectivity index (χ2v) is 5.42. The van der Waals surface area contributed by atoms with Crippen molar-refractivity contribution < 1.29 is 4.74 Å². The number of rotatable bonds is 7. The van der Waals surface area contributed by atoms with Crippen LogP contribution in [0.15, 0.2) is 41.7 Å². The summed E-state index contributed by atoms with van der Waals surface area (Å²) in [4.78, 5) is 12.8. The molecule has 128 valence electrons. The van der Waals surface area contributed by atoms with Crippen LogP contribution in [0.3, 0.4) is 0 Å². The molecule has 2 aromatic rings. The molecule has 0 radical (unpaired) electrons. The van der Waals surface area contributed by atoms with Crippen LogP contribution in [0.1, 0.15) is 18.1 Å². The van der Waals surface area contributed by atoms with Crippen LogP contribution in [0, 0.1) is 0 Å². The van der Waals surface area contributed by atoms with Crippen molar-refractivity contribution >= 4 is 17.6 Å². The summed E-state index contributed by atoms with van der Waals surface area (Å²) < 4.78 is 5.25. The lowest BCUT2D eigenvalue weighted by Gasteiger charge is -2.12. The van der Waals surface area contributed by atoms with Crippen LogP contribution >= 0.6 is 11.6 Å². The lowest BCUT2D eigenvalue weighted by atomic mass is 10.2. The Labute approximate surface area is 147 Å². The molecule has 0 aliphatic rings. The maximum atomic E-state index is 5.79. The van der Waals surface area contributed by atoms with Crippen LogP contribution in [0.5, 0.6) is 5.88 Å². The van der Waals surface area contributed by atoms with E-state index in [1.165, 1.54) is 0 Å². The first-order valence-corrected chi connectivity index (χ1v) is 8.21. The molecule has 7 heteroatoms. The third kappa shape index (κ3) is 5.70. The third-order valence-corrected chi connectivity index (χ3v) is 3.51. The molecule has 0 atom stereocenters. The summed E-state index contributed by atoms with van der Waals surface area (Å²) in [6.45, 7) is 4.07. The first-order chi connectivity index (χ1) is 11.7. The number of nitrogens with one attached hydrogen (secondary N) is 2. The standard InChI is InChI=1S/C17H22ClN5O/c1-3-19-17(21-10-8-13-6-7-15(18)22-11-13)23-12-14-5-4-9-20-16(14)24-2/h4-7,9,11H,3,8,10,12H2,1-2H3,(H2,19,21,23). The van der Waals surface area contributed by atoms with E-state index in [0.717, 1.165) is 36.6 Å². The highest BCUT2D eigenvalue weighted by atomic mass is 35.5. The Morgan fingerprint density at radius 2 is 2.12 bits per heavy atom. The number of hydrogen-bond acceptors (Lipinski definition) is 4. The summed E-state index contributed by atoms with van der Waals surface area (Å²) in [6.07, 6.45) is 4.33. The summed E-state index contributed by atoms with van der Waals surface area (Å²) >= 11 is 5.79. The summed E-state index contributed by atoms with van der Waals surface area (Å²) in [6, 6.07) is 7.60. The Morgan fingerprint density at radius 3 is 2.83 bits per heavy atom. The van der Waals surface area contributed by atoms with Crippen molar-refractivity contribution in [2.45, 2.75) is 19.9 Å². The van der Waals surface area contributed by atoms with E-state index in [0.29, 0.717) is 17.6 Å². The Kier molecular flexibility index (Phi) is 7.29. The maximum Gasteiger partial charge on any atom is 0.218 e. The van der Waals surface area contributed by atoms with Crippen molar-refractivity contribution in [3.05, 3.63) is 52.9 Å². The van der Waals surface area contributed by atoms with E-state index in [1.54, 1.807) is 25.6 Å². The van der Waals surface area contributed by atoms with Crippen molar-refractivity contribution in [1.82, 2.24) is 20.6 Å². The summed E-state index contributed by atoms with van der Waals surface area (Å²) in [5.74, 6) is 1.36. The van der Waals surface area contributed by atoms with E-state index >= 15 is 0 Å². The van der Waals surface area contributed by atoms with E-state index in [4.69, 9.17) is 16.3 Å². The number of halogens is 1. The molecule has 0 spiro atoms. The van der Waals surface area contributed by atoms with Crippen molar-refractivity contribution in [3.8, 4) is 5.88 Å². The quantitative estimate of drug-likeness (QED) is 0.457. The number of pyridine rings is 2. The molecular weight excluding hydrogens is 326 g/mol. The summed E-state index contributed by atoms with van der Waals surface area (Å²) in [5, 5.41) is 7.04. The largest absolute Gasteiger partial charge is 0.481 e. The Bertz CT molecular complexity index is 660. The van der Waals surface area contributed by atoms with Gasteiger partial charge in [-0.15, -0.1) is 0 Å². The molecule has 0 amide bonds. The SMILES string of the molecule is CCNC(=NCc1cccnc1OC)NCCc1ccc(Cl)nc1. The normalized spacial score (nSPS) is 11.2. The van der Waals surface area contributed by atoms with Crippen LogP contribution in [0.2, 0.25) is 5.15 Å². The highest BCUT2D eigenvalue weighted by Crippen LogP contribution is 2.14. The molecule has 0 fully saturated rings. The third-order valence-electron chi connectivity index (χ3n) is 3.29. The van der Waals surface area contributed by atoms with Gasteiger partial charge in [-0.2, -0.15) is 0 Å². The molecule has 0 saturated heterocycles. The van der Waals surface area contributed by atoms with Crippen molar-refractivity contribution in [1.29, 1.82) is 0 Å². The maximum absolute atomic E-state index is 5.79.